The molecule has 0 radical (unpaired) electrons. The van der Waals surface area contributed by atoms with E-state index in [4.69, 9.17) is 0 Å². The van der Waals surface area contributed by atoms with Crippen LogP contribution in [0.1, 0.15) is 27.0 Å². The van der Waals surface area contributed by atoms with Gasteiger partial charge < -0.3 is 15.0 Å². The number of amides is 1. The van der Waals surface area contributed by atoms with E-state index >= 15 is 0 Å². The molecule has 9 nitrogen and oxygen atoms in total. The molecule has 3 aromatic heterocycles. The molecule has 0 saturated carbocycles. The molecule has 6 rings (SSSR count). The lowest BCUT2D eigenvalue weighted by molar-refractivity contribution is 0.0948. The molecule has 0 bridgehead atoms. The second-order valence-corrected chi connectivity index (χ2v) is 12.3. The molecular weight excluding hydrogens is 614 g/mol. The van der Waals surface area contributed by atoms with Crippen LogP contribution in [0, 0.1) is 11.6 Å². The number of carbonyl (C=O) groups excluding carboxylic acids is 1. The van der Waals surface area contributed by atoms with E-state index in [1.165, 1.54) is 53.5 Å². The number of aliphatic hydroxyl groups is 1. The van der Waals surface area contributed by atoms with Gasteiger partial charge in [-0.1, -0.05) is 42.5 Å². The van der Waals surface area contributed by atoms with Crippen LogP contribution in [0.15, 0.2) is 119 Å². The quantitative estimate of drug-likeness (QED) is 0.233. The zero-order chi connectivity index (χ0) is 32.4. The summed E-state index contributed by atoms with van der Waals surface area (Å²) >= 11 is 0. The highest BCUT2D eigenvalue weighted by Crippen LogP contribution is 2.33. The van der Waals surface area contributed by atoms with Crippen molar-refractivity contribution in [3.05, 3.63) is 154 Å². The molecule has 1 amide bonds. The SMILES string of the molecule is O=C(NCc1cccc(-c2cn(S(=O)(=O)c3ccccc3)c3ncc(CO)cc23)c1)c1cccn(Cc2ccc(F)c(F)c2)c1=O. The Bertz CT molecular complexity index is 2270. The van der Waals surface area contributed by atoms with Crippen LogP contribution in [0.4, 0.5) is 8.78 Å². The van der Waals surface area contributed by atoms with Gasteiger partial charge in [0, 0.05) is 36.1 Å². The minimum absolute atomic E-state index is 0.0469. The van der Waals surface area contributed by atoms with Crippen LogP contribution in [0.2, 0.25) is 0 Å². The second kappa shape index (κ2) is 12.5. The number of hydrogen-bond donors (Lipinski definition) is 2. The van der Waals surface area contributed by atoms with Crippen molar-refractivity contribution in [1.82, 2.24) is 18.8 Å². The number of nitrogens with zero attached hydrogens (tertiary/aromatic N) is 3. The predicted octanol–water partition coefficient (Wildman–Crippen LogP) is 4.85. The Kier molecular flexibility index (Phi) is 8.31. The first-order valence-electron chi connectivity index (χ1n) is 14.1. The molecule has 2 N–H and O–H groups in total. The smallest absolute Gasteiger partial charge is 0.269 e. The van der Waals surface area contributed by atoms with Crippen molar-refractivity contribution in [3.63, 3.8) is 0 Å². The monoisotopic (exact) mass is 640 g/mol. The first-order chi connectivity index (χ1) is 22.2. The Hall–Kier alpha value is -5.46. The Morgan fingerprint density at radius 3 is 2.43 bits per heavy atom. The van der Waals surface area contributed by atoms with Crippen LogP contribution in [0.25, 0.3) is 22.2 Å². The van der Waals surface area contributed by atoms with Crippen molar-refractivity contribution in [1.29, 1.82) is 0 Å². The van der Waals surface area contributed by atoms with E-state index in [1.54, 1.807) is 48.5 Å². The molecule has 46 heavy (non-hydrogen) atoms. The summed E-state index contributed by atoms with van der Waals surface area (Å²) < 4.78 is 56.5. The number of aliphatic hydroxyl groups excluding tert-OH is 1. The molecule has 3 heterocycles. The Morgan fingerprint density at radius 1 is 0.870 bits per heavy atom. The first-order valence-corrected chi connectivity index (χ1v) is 15.5. The number of aromatic nitrogens is 3. The van der Waals surface area contributed by atoms with Crippen molar-refractivity contribution in [2.24, 2.45) is 0 Å². The van der Waals surface area contributed by atoms with Gasteiger partial charge in [0.1, 0.15) is 5.56 Å². The molecule has 12 heteroatoms. The minimum Gasteiger partial charge on any atom is -0.392 e. The van der Waals surface area contributed by atoms with Crippen molar-refractivity contribution in [3.8, 4) is 11.1 Å². The van der Waals surface area contributed by atoms with E-state index in [1.807, 2.05) is 0 Å². The number of benzene rings is 3. The largest absolute Gasteiger partial charge is 0.392 e. The molecule has 0 atom stereocenters. The van der Waals surface area contributed by atoms with E-state index in [0.29, 0.717) is 33.2 Å². The van der Waals surface area contributed by atoms with Crippen molar-refractivity contribution >= 4 is 27.0 Å². The maximum atomic E-state index is 13.7. The van der Waals surface area contributed by atoms with Crippen LogP contribution in [0.5, 0.6) is 0 Å². The average Bonchev–Trinajstić information content (AvgIpc) is 3.46. The molecule has 0 unspecified atom stereocenters. The van der Waals surface area contributed by atoms with E-state index in [0.717, 1.165) is 16.1 Å². The number of carbonyl (C=O) groups is 1. The van der Waals surface area contributed by atoms with Gasteiger partial charge in [-0.05, 0) is 70.8 Å². The summed E-state index contributed by atoms with van der Waals surface area (Å²) in [5.41, 5.74) is 2.19. The Labute approximate surface area is 262 Å². The van der Waals surface area contributed by atoms with Crippen molar-refractivity contribution in [2.45, 2.75) is 24.6 Å². The molecular formula is C34H26F2N4O5S. The van der Waals surface area contributed by atoms with Crippen LogP contribution >= 0.6 is 0 Å². The second-order valence-electron chi connectivity index (χ2n) is 10.5. The van der Waals surface area contributed by atoms with Gasteiger partial charge in [0.15, 0.2) is 17.3 Å². The number of hydrogen-bond acceptors (Lipinski definition) is 6. The summed E-state index contributed by atoms with van der Waals surface area (Å²) in [5, 5.41) is 13.0. The lowest BCUT2D eigenvalue weighted by Crippen LogP contribution is -2.32. The summed E-state index contributed by atoms with van der Waals surface area (Å²) in [6.07, 6.45) is 4.36. The highest BCUT2D eigenvalue weighted by atomic mass is 32.2. The molecule has 0 fully saturated rings. The van der Waals surface area contributed by atoms with Crippen LogP contribution in [0.3, 0.4) is 0 Å². The lowest BCUT2D eigenvalue weighted by atomic mass is 10.0. The maximum absolute atomic E-state index is 13.7. The number of rotatable bonds is 9. The summed E-state index contributed by atoms with van der Waals surface area (Å²) in [6.45, 7) is -0.294. The molecule has 0 saturated heterocycles. The van der Waals surface area contributed by atoms with Crippen LogP contribution in [-0.2, 0) is 29.7 Å². The summed E-state index contributed by atoms with van der Waals surface area (Å²) in [7, 11) is -4.00. The van der Waals surface area contributed by atoms with Gasteiger partial charge in [0.2, 0.25) is 0 Å². The fraction of sp³-hybridized carbons (Fsp3) is 0.0882. The van der Waals surface area contributed by atoms with E-state index in [2.05, 4.69) is 10.3 Å². The number of fused-ring (bicyclic) bond motifs is 1. The topological polar surface area (TPSA) is 123 Å². The number of pyridine rings is 2. The van der Waals surface area contributed by atoms with E-state index in [-0.39, 0.29) is 35.8 Å². The van der Waals surface area contributed by atoms with Gasteiger partial charge in [-0.25, -0.2) is 26.2 Å². The maximum Gasteiger partial charge on any atom is 0.269 e. The molecule has 0 aliphatic rings. The number of halogens is 2. The van der Waals surface area contributed by atoms with Gasteiger partial charge >= 0.3 is 0 Å². The normalized spacial score (nSPS) is 11.5. The molecule has 3 aromatic carbocycles. The third-order valence-electron chi connectivity index (χ3n) is 7.44. The fourth-order valence-corrected chi connectivity index (χ4v) is 6.47. The number of nitrogens with one attached hydrogen (secondary N) is 1. The van der Waals surface area contributed by atoms with E-state index < -0.39 is 33.1 Å². The Balaban J connectivity index is 1.27. The average molecular weight is 641 g/mol. The van der Waals surface area contributed by atoms with Crippen LogP contribution < -0.4 is 10.9 Å². The summed E-state index contributed by atoms with van der Waals surface area (Å²) in [4.78, 5) is 30.5. The van der Waals surface area contributed by atoms with E-state index in [9.17, 15) is 31.9 Å². The third-order valence-corrected chi connectivity index (χ3v) is 9.11. The van der Waals surface area contributed by atoms with Gasteiger partial charge in [0.05, 0.1) is 18.0 Å². The van der Waals surface area contributed by atoms with Gasteiger partial charge in [-0.3, -0.25) is 9.59 Å². The van der Waals surface area contributed by atoms with Gasteiger partial charge in [-0.2, -0.15) is 0 Å². The third kappa shape index (κ3) is 5.95. The van der Waals surface area contributed by atoms with Gasteiger partial charge in [-0.15, -0.1) is 0 Å². The van der Waals surface area contributed by atoms with Crippen molar-refractivity contribution in [2.75, 3.05) is 0 Å². The van der Waals surface area contributed by atoms with Crippen LogP contribution in [-0.4, -0.2) is 33.0 Å². The highest BCUT2D eigenvalue weighted by Gasteiger charge is 2.23. The zero-order valence-corrected chi connectivity index (χ0v) is 24.9. The standard InChI is InChI=1S/C34H26F2N4O5S/c35-30-12-11-23(16-31(30)36)19-39-13-5-10-27(34(39)43)33(42)38-17-22-6-4-7-25(14-22)29-20-40(32-28(29)15-24(21-41)18-37-32)46(44,45)26-8-2-1-3-9-26/h1-16,18,20,41H,17,19,21H2,(H,38,42). The molecule has 0 aliphatic heterocycles. The minimum atomic E-state index is -4.00. The predicted molar refractivity (Wildman–Crippen MR) is 167 cm³/mol. The molecule has 0 aliphatic carbocycles. The molecule has 0 spiro atoms. The molecule has 6 aromatic rings. The zero-order valence-electron chi connectivity index (χ0n) is 24.1. The highest BCUT2D eigenvalue weighted by molar-refractivity contribution is 7.90. The summed E-state index contributed by atoms with van der Waals surface area (Å²) in [6, 6.07) is 23.0. The lowest BCUT2D eigenvalue weighted by Gasteiger charge is -2.10. The van der Waals surface area contributed by atoms with Gasteiger partial charge in [0.25, 0.3) is 21.5 Å². The molecule has 232 valence electrons. The Morgan fingerprint density at radius 2 is 1.67 bits per heavy atom. The first kappa shape index (κ1) is 30.6. The summed E-state index contributed by atoms with van der Waals surface area (Å²) in [5.74, 6) is -2.66. The van der Waals surface area contributed by atoms with Crippen molar-refractivity contribution < 1.29 is 27.1 Å². The fourth-order valence-electron chi connectivity index (χ4n) is 5.12.